The van der Waals surface area contributed by atoms with E-state index in [0.717, 1.165) is 25.7 Å². The number of hydrogen-bond donors (Lipinski definition) is 1. The van der Waals surface area contributed by atoms with E-state index in [1.807, 2.05) is 0 Å². The second kappa shape index (κ2) is 7.53. The molecule has 0 radical (unpaired) electrons. The van der Waals surface area contributed by atoms with Crippen molar-refractivity contribution in [1.82, 2.24) is 5.32 Å². The minimum absolute atomic E-state index is 0.0973. The predicted octanol–water partition coefficient (Wildman–Crippen LogP) is 2.77. The van der Waals surface area contributed by atoms with Gasteiger partial charge in [0.1, 0.15) is 11.6 Å². The fourth-order valence-corrected chi connectivity index (χ4v) is 3.47. The Hall–Kier alpha value is -1.23. The third-order valence-electron chi connectivity index (χ3n) is 3.54. The molecule has 0 saturated heterocycles. The van der Waals surface area contributed by atoms with Crippen LogP contribution in [0.5, 0.6) is 0 Å². The summed E-state index contributed by atoms with van der Waals surface area (Å²) in [6.07, 6.45) is 6.72. The third kappa shape index (κ3) is 4.71. The SMILES string of the molecule is O=C(CS(=O)c1cccc(F)c1)NC1CCCCCC1. The highest BCUT2D eigenvalue weighted by Crippen LogP contribution is 2.17. The van der Waals surface area contributed by atoms with Crippen molar-refractivity contribution in [1.29, 1.82) is 0 Å². The average molecular weight is 297 g/mol. The molecule has 2 rings (SSSR count). The van der Waals surface area contributed by atoms with Gasteiger partial charge in [-0.2, -0.15) is 0 Å². The zero-order valence-corrected chi connectivity index (χ0v) is 12.3. The lowest BCUT2D eigenvalue weighted by atomic mass is 10.1. The van der Waals surface area contributed by atoms with Crippen LogP contribution in [0.1, 0.15) is 38.5 Å². The van der Waals surface area contributed by atoms with E-state index in [4.69, 9.17) is 0 Å². The number of hydrogen-bond acceptors (Lipinski definition) is 2. The van der Waals surface area contributed by atoms with Crippen molar-refractivity contribution in [2.45, 2.75) is 49.5 Å². The quantitative estimate of drug-likeness (QED) is 0.869. The molecule has 1 N–H and O–H groups in total. The van der Waals surface area contributed by atoms with Crippen molar-refractivity contribution in [3.05, 3.63) is 30.1 Å². The lowest BCUT2D eigenvalue weighted by molar-refractivity contribution is -0.119. The molecule has 1 aromatic carbocycles. The highest BCUT2D eigenvalue weighted by atomic mass is 32.2. The summed E-state index contributed by atoms with van der Waals surface area (Å²) in [7, 11) is -1.48. The number of carbonyl (C=O) groups is 1. The van der Waals surface area contributed by atoms with Gasteiger partial charge in [-0.05, 0) is 31.0 Å². The van der Waals surface area contributed by atoms with Gasteiger partial charge < -0.3 is 5.32 Å². The average Bonchev–Trinajstić information content (AvgIpc) is 2.67. The number of rotatable bonds is 4. The predicted molar refractivity (Wildman–Crippen MR) is 77.3 cm³/mol. The lowest BCUT2D eigenvalue weighted by Gasteiger charge is -2.15. The van der Waals surface area contributed by atoms with Gasteiger partial charge in [0.25, 0.3) is 0 Å². The van der Waals surface area contributed by atoms with Crippen LogP contribution in [0.4, 0.5) is 4.39 Å². The van der Waals surface area contributed by atoms with Gasteiger partial charge in [-0.3, -0.25) is 9.00 Å². The van der Waals surface area contributed by atoms with Crippen LogP contribution < -0.4 is 5.32 Å². The zero-order chi connectivity index (χ0) is 14.4. The Labute approximate surface area is 121 Å². The molecule has 1 atom stereocenters. The van der Waals surface area contributed by atoms with Crippen LogP contribution >= 0.6 is 0 Å². The largest absolute Gasteiger partial charge is 0.353 e. The topological polar surface area (TPSA) is 46.2 Å². The molecule has 0 bridgehead atoms. The summed E-state index contributed by atoms with van der Waals surface area (Å²) >= 11 is 0. The van der Waals surface area contributed by atoms with E-state index in [-0.39, 0.29) is 17.7 Å². The minimum atomic E-state index is -1.48. The minimum Gasteiger partial charge on any atom is -0.353 e. The summed E-state index contributed by atoms with van der Waals surface area (Å²) < 4.78 is 25.0. The Morgan fingerprint density at radius 2 is 1.95 bits per heavy atom. The molecule has 1 amide bonds. The number of carbonyl (C=O) groups excluding carboxylic acids is 1. The van der Waals surface area contributed by atoms with E-state index in [0.29, 0.717) is 4.90 Å². The van der Waals surface area contributed by atoms with E-state index in [9.17, 15) is 13.4 Å². The fraction of sp³-hybridized carbons (Fsp3) is 0.533. The fourth-order valence-electron chi connectivity index (χ4n) is 2.50. The van der Waals surface area contributed by atoms with E-state index in [1.165, 1.54) is 31.0 Å². The van der Waals surface area contributed by atoms with Crippen molar-refractivity contribution in [3.63, 3.8) is 0 Å². The van der Waals surface area contributed by atoms with Crippen LogP contribution in [0.2, 0.25) is 0 Å². The monoisotopic (exact) mass is 297 g/mol. The molecule has 20 heavy (non-hydrogen) atoms. The first kappa shape index (κ1) is 15.2. The maximum absolute atomic E-state index is 13.0. The summed E-state index contributed by atoms with van der Waals surface area (Å²) in [5, 5.41) is 2.95. The lowest BCUT2D eigenvalue weighted by Crippen LogP contribution is -2.37. The number of benzene rings is 1. The van der Waals surface area contributed by atoms with Crippen molar-refractivity contribution < 1.29 is 13.4 Å². The van der Waals surface area contributed by atoms with E-state index in [1.54, 1.807) is 6.07 Å². The second-order valence-corrected chi connectivity index (χ2v) is 6.65. The zero-order valence-electron chi connectivity index (χ0n) is 11.4. The highest BCUT2D eigenvalue weighted by molar-refractivity contribution is 7.85. The Morgan fingerprint density at radius 1 is 1.25 bits per heavy atom. The Balaban J connectivity index is 1.86. The number of amides is 1. The molecule has 1 saturated carbocycles. The van der Waals surface area contributed by atoms with Crippen LogP contribution in [0.15, 0.2) is 29.2 Å². The molecule has 1 unspecified atom stereocenters. The first-order valence-electron chi connectivity index (χ1n) is 7.08. The molecule has 1 fully saturated rings. The third-order valence-corrected chi connectivity index (χ3v) is 4.85. The molecule has 0 heterocycles. The Bertz CT molecular complexity index is 485. The standard InChI is InChI=1S/C15H20FNO2S/c16-12-6-5-9-14(10-12)20(19)11-15(18)17-13-7-3-1-2-4-8-13/h5-6,9-10,13H,1-4,7-8,11H2,(H,17,18). The maximum atomic E-state index is 13.0. The van der Waals surface area contributed by atoms with Crippen LogP contribution in [0.25, 0.3) is 0 Å². The Kier molecular flexibility index (Phi) is 5.71. The summed E-state index contributed by atoms with van der Waals surface area (Å²) in [6.45, 7) is 0. The van der Waals surface area contributed by atoms with Gasteiger partial charge in [0.15, 0.2) is 0 Å². The van der Waals surface area contributed by atoms with E-state index < -0.39 is 16.6 Å². The molecule has 0 aliphatic heterocycles. The summed E-state index contributed by atoms with van der Waals surface area (Å²) in [6, 6.07) is 5.81. The summed E-state index contributed by atoms with van der Waals surface area (Å²) in [5.74, 6) is -0.737. The second-order valence-electron chi connectivity index (χ2n) is 5.20. The van der Waals surface area contributed by atoms with Gasteiger partial charge in [0.2, 0.25) is 5.91 Å². The molecule has 0 aromatic heterocycles. The van der Waals surface area contributed by atoms with Gasteiger partial charge in [-0.15, -0.1) is 0 Å². The Morgan fingerprint density at radius 3 is 2.60 bits per heavy atom. The molecule has 1 aliphatic rings. The molecular weight excluding hydrogens is 277 g/mol. The van der Waals surface area contributed by atoms with Crippen LogP contribution in [0.3, 0.4) is 0 Å². The molecule has 3 nitrogen and oxygen atoms in total. The van der Waals surface area contributed by atoms with Gasteiger partial charge in [-0.1, -0.05) is 31.7 Å². The van der Waals surface area contributed by atoms with Crippen LogP contribution in [-0.4, -0.2) is 21.9 Å². The van der Waals surface area contributed by atoms with Gasteiger partial charge in [-0.25, -0.2) is 4.39 Å². The van der Waals surface area contributed by atoms with Gasteiger partial charge >= 0.3 is 0 Å². The van der Waals surface area contributed by atoms with Gasteiger partial charge in [0.05, 0.1) is 10.8 Å². The highest BCUT2D eigenvalue weighted by Gasteiger charge is 2.17. The van der Waals surface area contributed by atoms with Crippen molar-refractivity contribution in [2.75, 3.05) is 5.75 Å². The molecule has 110 valence electrons. The maximum Gasteiger partial charge on any atom is 0.233 e. The molecule has 5 heteroatoms. The summed E-state index contributed by atoms with van der Waals surface area (Å²) in [4.78, 5) is 12.3. The molecular formula is C15H20FNO2S. The normalized spacial score (nSPS) is 18.2. The number of halogens is 1. The van der Waals surface area contributed by atoms with Gasteiger partial charge in [0, 0.05) is 10.9 Å². The number of nitrogens with one attached hydrogen (secondary N) is 1. The molecule has 1 aliphatic carbocycles. The first-order chi connectivity index (χ1) is 9.65. The van der Waals surface area contributed by atoms with E-state index in [2.05, 4.69) is 5.32 Å². The van der Waals surface area contributed by atoms with Crippen LogP contribution in [-0.2, 0) is 15.6 Å². The first-order valence-corrected chi connectivity index (χ1v) is 8.40. The van der Waals surface area contributed by atoms with Crippen molar-refractivity contribution in [2.24, 2.45) is 0 Å². The molecule has 0 spiro atoms. The summed E-state index contributed by atoms with van der Waals surface area (Å²) in [5.41, 5.74) is 0. The van der Waals surface area contributed by atoms with Crippen molar-refractivity contribution in [3.8, 4) is 0 Å². The van der Waals surface area contributed by atoms with E-state index >= 15 is 0 Å². The van der Waals surface area contributed by atoms with Crippen LogP contribution in [0, 0.1) is 5.82 Å². The molecule has 1 aromatic rings. The van der Waals surface area contributed by atoms with Crippen molar-refractivity contribution >= 4 is 16.7 Å². The smallest absolute Gasteiger partial charge is 0.233 e.